The molecular weight excluding hydrogens is 420 g/mol. The van der Waals surface area contributed by atoms with E-state index in [1.165, 1.54) is 16.9 Å². The van der Waals surface area contributed by atoms with Crippen LogP contribution in [0.2, 0.25) is 0 Å². The number of hydrogen-bond acceptors (Lipinski definition) is 4. The van der Waals surface area contributed by atoms with Gasteiger partial charge in [0.15, 0.2) is 16.3 Å². The summed E-state index contributed by atoms with van der Waals surface area (Å²) in [6.07, 6.45) is 2.61. The number of aromatic nitrogens is 1. The summed E-state index contributed by atoms with van der Waals surface area (Å²) in [6, 6.07) is 21.7. The molecule has 0 aliphatic heterocycles. The highest BCUT2D eigenvalue weighted by Gasteiger charge is 2.13. The van der Waals surface area contributed by atoms with Crippen molar-refractivity contribution in [1.29, 1.82) is 0 Å². The fourth-order valence-corrected chi connectivity index (χ4v) is 4.58. The first-order valence-electron chi connectivity index (χ1n) is 10.2. The van der Waals surface area contributed by atoms with Crippen molar-refractivity contribution in [2.75, 3.05) is 14.2 Å². The van der Waals surface area contributed by atoms with E-state index in [4.69, 9.17) is 9.47 Å². The summed E-state index contributed by atoms with van der Waals surface area (Å²) in [4.78, 5) is 17.9. The van der Waals surface area contributed by atoms with E-state index < -0.39 is 0 Å². The van der Waals surface area contributed by atoms with E-state index in [0.29, 0.717) is 28.4 Å². The van der Waals surface area contributed by atoms with Crippen LogP contribution in [0.3, 0.4) is 0 Å². The summed E-state index contributed by atoms with van der Waals surface area (Å²) in [6.45, 7) is 4.37. The molecule has 162 valence electrons. The molecule has 0 unspecified atom stereocenters. The Hall–Kier alpha value is -3.64. The van der Waals surface area contributed by atoms with Crippen LogP contribution in [-0.4, -0.2) is 24.7 Å². The van der Waals surface area contributed by atoms with Crippen LogP contribution in [0, 0.1) is 0 Å². The molecule has 5 nitrogen and oxygen atoms in total. The van der Waals surface area contributed by atoms with Gasteiger partial charge in [-0.15, -0.1) is 6.58 Å². The van der Waals surface area contributed by atoms with Crippen LogP contribution in [0.4, 0.5) is 0 Å². The number of allylic oxidation sites excluding steroid dienone is 1. The first-order valence-corrected chi connectivity index (χ1v) is 11.0. The van der Waals surface area contributed by atoms with E-state index in [-0.39, 0.29) is 5.91 Å². The zero-order valence-electron chi connectivity index (χ0n) is 18.1. The van der Waals surface area contributed by atoms with E-state index in [9.17, 15) is 4.79 Å². The Morgan fingerprint density at radius 2 is 1.66 bits per heavy atom. The van der Waals surface area contributed by atoms with Gasteiger partial charge in [-0.3, -0.25) is 4.79 Å². The molecule has 0 saturated heterocycles. The fourth-order valence-electron chi connectivity index (χ4n) is 3.54. The average molecular weight is 445 g/mol. The van der Waals surface area contributed by atoms with Gasteiger partial charge in [-0.2, -0.15) is 4.99 Å². The second-order valence-electron chi connectivity index (χ2n) is 7.24. The monoisotopic (exact) mass is 444 g/mol. The number of ether oxygens (including phenoxy) is 2. The molecule has 1 heterocycles. The first kappa shape index (κ1) is 21.6. The number of benzene rings is 3. The van der Waals surface area contributed by atoms with E-state index in [1.807, 2.05) is 59.2 Å². The molecule has 1 amide bonds. The molecule has 0 spiro atoms. The Kier molecular flexibility index (Phi) is 6.52. The second kappa shape index (κ2) is 9.66. The van der Waals surface area contributed by atoms with Gasteiger partial charge in [0.2, 0.25) is 0 Å². The van der Waals surface area contributed by atoms with Gasteiger partial charge in [-0.1, -0.05) is 59.9 Å². The lowest BCUT2D eigenvalue weighted by atomic mass is 10.0. The number of amides is 1. The van der Waals surface area contributed by atoms with Crippen LogP contribution < -0.4 is 14.3 Å². The SMILES string of the molecule is C=CCn1c(=NC(=O)c2ccc(Cc3ccccc3)cc2)sc2cc(OC)c(OC)cc21. The molecule has 0 fully saturated rings. The number of nitrogens with zero attached hydrogens (tertiary/aromatic N) is 2. The minimum absolute atomic E-state index is 0.278. The predicted molar refractivity (Wildman–Crippen MR) is 129 cm³/mol. The lowest BCUT2D eigenvalue weighted by Crippen LogP contribution is -2.16. The Balaban J connectivity index is 1.67. The van der Waals surface area contributed by atoms with E-state index >= 15 is 0 Å². The maximum atomic E-state index is 12.9. The van der Waals surface area contributed by atoms with Gasteiger partial charge in [0.1, 0.15) is 0 Å². The zero-order valence-corrected chi connectivity index (χ0v) is 18.9. The summed E-state index contributed by atoms with van der Waals surface area (Å²) < 4.78 is 13.8. The zero-order chi connectivity index (χ0) is 22.5. The maximum absolute atomic E-state index is 12.9. The van der Waals surface area contributed by atoms with E-state index in [1.54, 1.807) is 20.3 Å². The molecule has 4 rings (SSSR count). The van der Waals surface area contributed by atoms with Crippen molar-refractivity contribution < 1.29 is 14.3 Å². The van der Waals surface area contributed by atoms with E-state index in [2.05, 4.69) is 23.7 Å². The molecular formula is C26H24N2O3S. The standard InChI is InChI=1S/C26H24N2O3S/c1-4-14-28-21-16-22(30-2)23(31-3)17-24(21)32-26(28)27-25(29)20-12-10-19(11-13-20)15-18-8-6-5-7-9-18/h4-13,16-17H,1,14-15H2,2-3H3. The van der Waals surface area contributed by atoms with Crippen LogP contribution in [0.1, 0.15) is 21.5 Å². The normalized spacial score (nSPS) is 11.5. The molecule has 0 radical (unpaired) electrons. The number of carbonyl (C=O) groups excluding carboxylic acids is 1. The van der Waals surface area contributed by atoms with Gasteiger partial charge in [0.25, 0.3) is 5.91 Å². The van der Waals surface area contributed by atoms with Crippen LogP contribution >= 0.6 is 11.3 Å². The Morgan fingerprint density at radius 1 is 1.00 bits per heavy atom. The highest BCUT2D eigenvalue weighted by molar-refractivity contribution is 7.16. The third-order valence-electron chi connectivity index (χ3n) is 5.15. The molecule has 0 N–H and O–H groups in total. The number of hydrogen-bond donors (Lipinski definition) is 0. The van der Waals surface area contributed by atoms with E-state index in [0.717, 1.165) is 22.2 Å². The predicted octanol–water partition coefficient (Wildman–Crippen LogP) is 5.24. The third kappa shape index (κ3) is 4.50. The molecule has 1 aromatic heterocycles. The summed E-state index contributed by atoms with van der Waals surface area (Å²) in [7, 11) is 3.20. The molecule has 0 saturated carbocycles. The van der Waals surface area contributed by atoms with Crippen LogP contribution in [-0.2, 0) is 13.0 Å². The van der Waals surface area contributed by atoms with Crippen molar-refractivity contribution in [1.82, 2.24) is 4.57 Å². The van der Waals surface area contributed by atoms with Gasteiger partial charge < -0.3 is 14.0 Å². The minimum atomic E-state index is -0.278. The summed E-state index contributed by atoms with van der Waals surface area (Å²) in [5, 5.41) is 0. The summed E-state index contributed by atoms with van der Waals surface area (Å²) in [5.74, 6) is 0.987. The number of rotatable bonds is 7. The van der Waals surface area contributed by atoms with Crippen molar-refractivity contribution >= 4 is 27.5 Å². The first-order chi connectivity index (χ1) is 15.6. The third-order valence-corrected chi connectivity index (χ3v) is 6.19. The topological polar surface area (TPSA) is 52.8 Å². The number of methoxy groups -OCH3 is 2. The van der Waals surface area contributed by atoms with Crippen molar-refractivity contribution in [3.8, 4) is 11.5 Å². The van der Waals surface area contributed by atoms with Gasteiger partial charge in [-0.25, -0.2) is 0 Å². The second-order valence-corrected chi connectivity index (χ2v) is 8.24. The molecule has 3 aromatic carbocycles. The highest BCUT2D eigenvalue weighted by Crippen LogP contribution is 2.33. The lowest BCUT2D eigenvalue weighted by Gasteiger charge is -2.08. The molecule has 0 aliphatic carbocycles. The van der Waals surface area contributed by atoms with Crippen molar-refractivity contribution in [2.24, 2.45) is 4.99 Å². The summed E-state index contributed by atoms with van der Waals surface area (Å²) in [5.41, 5.74) is 3.85. The molecule has 32 heavy (non-hydrogen) atoms. The van der Waals surface area contributed by atoms with Crippen molar-refractivity contribution in [2.45, 2.75) is 13.0 Å². The molecule has 6 heteroatoms. The highest BCUT2D eigenvalue weighted by atomic mass is 32.1. The van der Waals surface area contributed by atoms with Crippen molar-refractivity contribution in [3.63, 3.8) is 0 Å². The fraction of sp³-hybridized carbons (Fsp3) is 0.154. The maximum Gasteiger partial charge on any atom is 0.279 e. The minimum Gasteiger partial charge on any atom is -0.493 e. The van der Waals surface area contributed by atoms with Gasteiger partial charge in [0.05, 0.1) is 24.4 Å². The van der Waals surface area contributed by atoms with Gasteiger partial charge in [0, 0.05) is 24.2 Å². The van der Waals surface area contributed by atoms with Crippen LogP contribution in [0.5, 0.6) is 11.5 Å². The molecule has 0 bridgehead atoms. The quantitative estimate of drug-likeness (QED) is 0.367. The smallest absolute Gasteiger partial charge is 0.279 e. The number of thiazole rings is 1. The number of carbonyl (C=O) groups is 1. The van der Waals surface area contributed by atoms with Gasteiger partial charge in [-0.05, 0) is 29.7 Å². The Morgan fingerprint density at radius 3 is 2.31 bits per heavy atom. The molecule has 4 aromatic rings. The van der Waals surface area contributed by atoms with Gasteiger partial charge >= 0.3 is 0 Å². The number of fused-ring (bicyclic) bond motifs is 1. The largest absolute Gasteiger partial charge is 0.493 e. The lowest BCUT2D eigenvalue weighted by molar-refractivity contribution is 0.0998. The van der Waals surface area contributed by atoms with Crippen molar-refractivity contribution in [3.05, 3.63) is 101 Å². The Bertz CT molecular complexity index is 1320. The average Bonchev–Trinajstić information content (AvgIpc) is 3.15. The van der Waals surface area contributed by atoms with Crippen LogP contribution in [0.25, 0.3) is 10.2 Å². The van der Waals surface area contributed by atoms with Crippen LogP contribution in [0.15, 0.2) is 84.4 Å². The molecule has 0 atom stereocenters. The molecule has 0 aliphatic rings. The summed E-state index contributed by atoms with van der Waals surface area (Å²) >= 11 is 1.43. The Labute approximate surface area is 190 Å².